The molecule has 0 atom stereocenters. The first-order chi connectivity index (χ1) is 14.4. The van der Waals surface area contributed by atoms with Gasteiger partial charge in [0, 0.05) is 12.1 Å². The summed E-state index contributed by atoms with van der Waals surface area (Å²) in [6, 6.07) is 23.0. The molecule has 0 aliphatic carbocycles. The van der Waals surface area contributed by atoms with Crippen LogP contribution < -0.4 is 10.4 Å². The molecule has 0 amide bonds. The molecule has 1 aliphatic rings. The molecular formula is C26H25NO2Si. The average Bonchev–Trinajstić information content (AvgIpc) is 2.73. The molecule has 0 saturated carbocycles. The Hall–Kier alpha value is -2.98. The molecule has 0 N–H and O–H groups in total. The zero-order valence-electron chi connectivity index (χ0n) is 17.8. The molecule has 30 heavy (non-hydrogen) atoms. The SMILES string of the molecule is CC(C)[Si]1(C(C)C)c2ccccc2-c2cc3ccc([N+](=O)[O-])cc3c3cccc1c23. The highest BCUT2D eigenvalue weighted by atomic mass is 28.3. The van der Waals surface area contributed by atoms with E-state index in [0.717, 1.165) is 16.2 Å². The van der Waals surface area contributed by atoms with Gasteiger partial charge in [0.15, 0.2) is 0 Å². The molecule has 3 nitrogen and oxygen atoms in total. The molecular weight excluding hydrogens is 386 g/mol. The van der Waals surface area contributed by atoms with Gasteiger partial charge >= 0.3 is 0 Å². The number of hydrogen-bond donors (Lipinski definition) is 0. The van der Waals surface area contributed by atoms with Gasteiger partial charge in [-0.3, -0.25) is 10.1 Å². The molecule has 0 unspecified atom stereocenters. The molecule has 5 rings (SSSR count). The zero-order valence-corrected chi connectivity index (χ0v) is 18.8. The highest BCUT2D eigenvalue weighted by Crippen LogP contribution is 2.44. The quantitative estimate of drug-likeness (QED) is 0.173. The van der Waals surface area contributed by atoms with Gasteiger partial charge in [0.2, 0.25) is 0 Å². The van der Waals surface area contributed by atoms with Crippen LogP contribution in [0.4, 0.5) is 5.69 Å². The fourth-order valence-electron chi connectivity index (χ4n) is 6.00. The summed E-state index contributed by atoms with van der Waals surface area (Å²) in [5.41, 5.74) is 3.84. The number of non-ortho nitro benzene ring substituents is 1. The highest BCUT2D eigenvalue weighted by molar-refractivity contribution is 7.06. The molecule has 0 saturated heterocycles. The second kappa shape index (κ2) is 6.51. The lowest BCUT2D eigenvalue weighted by atomic mass is 9.92. The van der Waals surface area contributed by atoms with Crippen LogP contribution in [0.1, 0.15) is 27.7 Å². The third kappa shape index (κ3) is 2.31. The number of nitrogens with zero attached hydrogens (tertiary/aromatic N) is 1. The Labute approximate surface area is 177 Å². The molecule has 0 fully saturated rings. The first kappa shape index (κ1) is 19.0. The Morgan fingerprint density at radius 1 is 0.767 bits per heavy atom. The number of hydrogen-bond acceptors (Lipinski definition) is 2. The Kier molecular flexibility index (Phi) is 4.12. The van der Waals surface area contributed by atoms with E-state index in [-0.39, 0.29) is 10.6 Å². The van der Waals surface area contributed by atoms with Crippen molar-refractivity contribution in [2.24, 2.45) is 0 Å². The van der Waals surface area contributed by atoms with Crippen molar-refractivity contribution in [2.75, 3.05) is 0 Å². The number of nitro groups is 1. The topological polar surface area (TPSA) is 43.1 Å². The van der Waals surface area contributed by atoms with Gasteiger partial charge in [-0.15, -0.1) is 0 Å². The lowest BCUT2D eigenvalue weighted by Gasteiger charge is -2.45. The minimum atomic E-state index is -2.07. The summed E-state index contributed by atoms with van der Waals surface area (Å²) in [5, 5.41) is 18.9. The molecule has 150 valence electrons. The molecule has 4 aromatic carbocycles. The Bertz CT molecular complexity index is 1330. The van der Waals surface area contributed by atoms with E-state index in [0.29, 0.717) is 11.1 Å². The number of benzene rings is 4. The molecule has 1 heterocycles. The van der Waals surface area contributed by atoms with Crippen LogP contribution >= 0.6 is 0 Å². The van der Waals surface area contributed by atoms with Gasteiger partial charge < -0.3 is 0 Å². The van der Waals surface area contributed by atoms with Crippen LogP contribution in [0.5, 0.6) is 0 Å². The van der Waals surface area contributed by atoms with Crippen LogP contribution in [0.3, 0.4) is 0 Å². The lowest BCUT2D eigenvalue weighted by Crippen LogP contribution is -2.64. The van der Waals surface area contributed by atoms with Crippen molar-refractivity contribution in [3.63, 3.8) is 0 Å². The van der Waals surface area contributed by atoms with Crippen LogP contribution in [0, 0.1) is 10.1 Å². The van der Waals surface area contributed by atoms with Gasteiger partial charge in [0.1, 0.15) is 8.07 Å². The third-order valence-electron chi connectivity index (χ3n) is 7.10. The van der Waals surface area contributed by atoms with Crippen molar-refractivity contribution >= 4 is 45.7 Å². The molecule has 0 bridgehead atoms. The predicted molar refractivity (Wildman–Crippen MR) is 129 cm³/mol. The van der Waals surface area contributed by atoms with Gasteiger partial charge in [0.25, 0.3) is 5.69 Å². The second-order valence-electron chi connectivity index (χ2n) is 9.04. The zero-order chi connectivity index (χ0) is 21.2. The molecule has 1 aliphatic heterocycles. The van der Waals surface area contributed by atoms with Crippen LogP contribution in [-0.2, 0) is 0 Å². The number of fused-ring (bicyclic) bond motifs is 4. The summed E-state index contributed by atoms with van der Waals surface area (Å²) in [4.78, 5) is 11.1. The second-order valence-corrected chi connectivity index (χ2v) is 14.2. The fraction of sp³-hybridized carbons (Fsp3) is 0.231. The van der Waals surface area contributed by atoms with E-state index in [9.17, 15) is 10.1 Å². The van der Waals surface area contributed by atoms with Gasteiger partial charge in [-0.1, -0.05) is 70.2 Å². The first-order valence-electron chi connectivity index (χ1n) is 10.6. The van der Waals surface area contributed by atoms with Crippen molar-refractivity contribution in [3.8, 4) is 11.1 Å². The van der Waals surface area contributed by atoms with Gasteiger partial charge in [-0.2, -0.15) is 0 Å². The van der Waals surface area contributed by atoms with E-state index >= 15 is 0 Å². The minimum absolute atomic E-state index is 0.149. The Balaban J connectivity index is 2.04. The largest absolute Gasteiger partial charge is 0.270 e. The smallest absolute Gasteiger partial charge is 0.258 e. The molecule has 4 aromatic rings. The molecule has 0 aromatic heterocycles. The Morgan fingerprint density at radius 3 is 2.17 bits per heavy atom. The predicted octanol–water partition coefficient (Wildman–Crippen LogP) is 6.26. The van der Waals surface area contributed by atoms with Crippen molar-refractivity contribution < 1.29 is 4.92 Å². The van der Waals surface area contributed by atoms with E-state index in [2.05, 4.69) is 76.2 Å². The van der Waals surface area contributed by atoms with E-state index < -0.39 is 8.07 Å². The summed E-state index contributed by atoms with van der Waals surface area (Å²) in [6.45, 7) is 9.49. The summed E-state index contributed by atoms with van der Waals surface area (Å²) in [6.07, 6.45) is 0. The van der Waals surface area contributed by atoms with Crippen LogP contribution in [0.15, 0.2) is 66.7 Å². The highest BCUT2D eigenvalue weighted by Gasteiger charge is 2.48. The normalized spacial score (nSPS) is 14.5. The van der Waals surface area contributed by atoms with Crippen molar-refractivity contribution in [1.29, 1.82) is 0 Å². The van der Waals surface area contributed by atoms with Crippen molar-refractivity contribution in [2.45, 2.75) is 38.8 Å². The maximum Gasteiger partial charge on any atom is 0.270 e. The van der Waals surface area contributed by atoms with Gasteiger partial charge in [-0.25, -0.2) is 0 Å². The van der Waals surface area contributed by atoms with Crippen LogP contribution in [0.25, 0.3) is 32.7 Å². The molecule has 4 heteroatoms. The fourth-order valence-corrected chi connectivity index (χ4v) is 12.2. The maximum atomic E-state index is 11.4. The maximum absolute atomic E-state index is 11.4. The van der Waals surface area contributed by atoms with Gasteiger partial charge in [0.05, 0.1) is 4.92 Å². The summed E-state index contributed by atoms with van der Waals surface area (Å²) >= 11 is 0. The minimum Gasteiger partial charge on any atom is -0.258 e. The van der Waals surface area contributed by atoms with E-state index in [1.54, 1.807) is 12.1 Å². The number of rotatable bonds is 3. The lowest BCUT2D eigenvalue weighted by molar-refractivity contribution is -0.384. The first-order valence-corrected chi connectivity index (χ1v) is 12.8. The van der Waals surface area contributed by atoms with Crippen LogP contribution in [0.2, 0.25) is 11.1 Å². The van der Waals surface area contributed by atoms with Crippen LogP contribution in [-0.4, -0.2) is 13.0 Å². The van der Waals surface area contributed by atoms with E-state index in [1.165, 1.54) is 26.9 Å². The average molecular weight is 412 g/mol. The monoisotopic (exact) mass is 411 g/mol. The Morgan fingerprint density at radius 2 is 1.47 bits per heavy atom. The van der Waals surface area contributed by atoms with Crippen molar-refractivity contribution in [3.05, 3.63) is 76.8 Å². The standard InChI is InChI=1S/C26H25NO2Si/c1-16(2)30(17(3)4)24-10-6-5-8-20(24)23-14-18-12-13-19(27(28)29)15-22(18)21-9-7-11-25(30)26(21)23/h5-17H,1-4H3. The molecule has 0 spiro atoms. The third-order valence-corrected chi connectivity index (χ3v) is 13.4. The summed E-state index contributed by atoms with van der Waals surface area (Å²) < 4.78 is 0. The molecule has 0 radical (unpaired) electrons. The summed E-state index contributed by atoms with van der Waals surface area (Å²) in [5.74, 6) is 0. The number of nitro benzene ring substituents is 1. The van der Waals surface area contributed by atoms with Gasteiger partial charge in [-0.05, 0) is 66.3 Å². The van der Waals surface area contributed by atoms with E-state index in [4.69, 9.17) is 0 Å². The summed E-state index contributed by atoms with van der Waals surface area (Å²) in [7, 11) is -2.07. The van der Waals surface area contributed by atoms with E-state index in [1.807, 2.05) is 6.07 Å². The van der Waals surface area contributed by atoms with Crippen molar-refractivity contribution in [1.82, 2.24) is 0 Å².